The highest BCUT2D eigenvalue weighted by atomic mass is 35.5. The molecule has 0 aliphatic heterocycles. The SMILES string of the molecule is Cc1ccc(C)c(N(CC(=O)Nc2ccc(Cl)c(Cl)c2)S(=O)(=O)c2ccccc2)c1. The number of hydrogen-bond acceptors (Lipinski definition) is 3. The van der Waals surface area contributed by atoms with Crippen molar-refractivity contribution in [2.45, 2.75) is 18.7 Å². The molecule has 3 aromatic rings. The Hall–Kier alpha value is -2.54. The number of hydrogen-bond donors (Lipinski definition) is 1. The summed E-state index contributed by atoms with van der Waals surface area (Å²) in [6.07, 6.45) is 0. The van der Waals surface area contributed by atoms with E-state index < -0.39 is 22.5 Å². The molecule has 1 amide bonds. The lowest BCUT2D eigenvalue weighted by atomic mass is 10.1. The van der Waals surface area contributed by atoms with Gasteiger partial charge in [-0.25, -0.2) is 8.42 Å². The molecule has 3 rings (SSSR count). The molecule has 156 valence electrons. The molecule has 3 aromatic carbocycles. The summed E-state index contributed by atoms with van der Waals surface area (Å²) in [5.41, 5.74) is 2.49. The molecule has 0 aliphatic carbocycles. The fraction of sp³-hybridized carbons (Fsp3) is 0.136. The van der Waals surface area contributed by atoms with Crippen LogP contribution in [-0.4, -0.2) is 20.9 Å². The normalized spacial score (nSPS) is 11.2. The molecular formula is C22H20Cl2N2O3S. The zero-order valence-electron chi connectivity index (χ0n) is 16.4. The molecule has 0 spiro atoms. The van der Waals surface area contributed by atoms with Gasteiger partial charge in [0.05, 0.1) is 20.6 Å². The first-order chi connectivity index (χ1) is 14.2. The zero-order valence-corrected chi connectivity index (χ0v) is 18.7. The highest BCUT2D eigenvalue weighted by molar-refractivity contribution is 7.92. The molecule has 0 bridgehead atoms. The molecule has 0 saturated carbocycles. The molecule has 0 unspecified atom stereocenters. The second-order valence-corrected chi connectivity index (χ2v) is 9.47. The maximum atomic E-state index is 13.4. The number of carbonyl (C=O) groups excluding carboxylic acids is 1. The maximum Gasteiger partial charge on any atom is 0.264 e. The van der Waals surface area contributed by atoms with Crippen LogP contribution in [0.4, 0.5) is 11.4 Å². The summed E-state index contributed by atoms with van der Waals surface area (Å²) in [6.45, 7) is 3.27. The number of sulfonamides is 1. The molecule has 8 heteroatoms. The van der Waals surface area contributed by atoms with Gasteiger partial charge in [0.2, 0.25) is 5.91 Å². The van der Waals surface area contributed by atoms with Crippen molar-refractivity contribution >= 4 is 50.5 Å². The molecule has 30 heavy (non-hydrogen) atoms. The van der Waals surface area contributed by atoms with Crippen molar-refractivity contribution in [3.05, 3.63) is 87.9 Å². The van der Waals surface area contributed by atoms with E-state index in [4.69, 9.17) is 23.2 Å². The average molecular weight is 463 g/mol. The smallest absolute Gasteiger partial charge is 0.264 e. The van der Waals surface area contributed by atoms with Crippen LogP contribution in [0.5, 0.6) is 0 Å². The van der Waals surface area contributed by atoms with E-state index in [1.807, 2.05) is 19.1 Å². The van der Waals surface area contributed by atoms with E-state index in [-0.39, 0.29) is 9.92 Å². The molecule has 0 aromatic heterocycles. The molecule has 0 radical (unpaired) electrons. The van der Waals surface area contributed by atoms with Gasteiger partial charge < -0.3 is 5.32 Å². The van der Waals surface area contributed by atoms with Crippen molar-refractivity contribution in [2.24, 2.45) is 0 Å². The highest BCUT2D eigenvalue weighted by Crippen LogP contribution is 2.29. The van der Waals surface area contributed by atoms with Crippen molar-refractivity contribution in [3.63, 3.8) is 0 Å². The predicted molar refractivity (Wildman–Crippen MR) is 122 cm³/mol. The van der Waals surface area contributed by atoms with Gasteiger partial charge in [0, 0.05) is 5.69 Å². The minimum absolute atomic E-state index is 0.105. The molecule has 0 heterocycles. The molecule has 0 saturated heterocycles. The van der Waals surface area contributed by atoms with Crippen molar-refractivity contribution < 1.29 is 13.2 Å². The summed E-state index contributed by atoms with van der Waals surface area (Å²) in [4.78, 5) is 12.9. The number of nitrogens with zero attached hydrogens (tertiary/aromatic N) is 1. The third-order valence-electron chi connectivity index (χ3n) is 4.46. The molecular weight excluding hydrogens is 443 g/mol. The van der Waals surface area contributed by atoms with Gasteiger partial charge in [0.15, 0.2) is 0 Å². The van der Waals surface area contributed by atoms with Gasteiger partial charge in [-0.05, 0) is 61.4 Å². The second kappa shape index (κ2) is 9.08. The summed E-state index contributed by atoms with van der Waals surface area (Å²) in [6, 6.07) is 18.2. The van der Waals surface area contributed by atoms with E-state index >= 15 is 0 Å². The Labute approximate surface area is 186 Å². The number of amides is 1. The molecule has 0 fully saturated rings. The van der Waals surface area contributed by atoms with Gasteiger partial charge in [-0.15, -0.1) is 0 Å². The summed E-state index contributed by atoms with van der Waals surface area (Å²) >= 11 is 11.9. The third kappa shape index (κ3) is 4.95. The third-order valence-corrected chi connectivity index (χ3v) is 6.97. The topological polar surface area (TPSA) is 66.5 Å². The van der Waals surface area contributed by atoms with Crippen LogP contribution in [0, 0.1) is 13.8 Å². The lowest BCUT2D eigenvalue weighted by molar-refractivity contribution is -0.114. The molecule has 0 aliphatic rings. The van der Waals surface area contributed by atoms with Crippen LogP contribution in [0.3, 0.4) is 0 Å². The van der Waals surface area contributed by atoms with Crippen molar-refractivity contribution in [1.29, 1.82) is 0 Å². The summed E-state index contributed by atoms with van der Waals surface area (Å²) in [7, 11) is -3.97. The quantitative estimate of drug-likeness (QED) is 0.529. The Morgan fingerprint density at radius 2 is 1.63 bits per heavy atom. The van der Waals surface area contributed by atoms with Gasteiger partial charge in [-0.3, -0.25) is 9.10 Å². The number of benzene rings is 3. The molecule has 0 atom stereocenters. The Morgan fingerprint density at radius 1 is 0.933 bits per heavy atom. The number of aryl methyl sites for hydroxylation is 2. The average Bonchev–Trinajstić information content (AvgIpc) is 2.71. The fourth-order valence-corrected chi connectivity index (χ4v) is 4.71. The van der Waals surface area contributed by atoms with Crippen molar-refractivity contribution in [1.82, 2.24) is 0 Å². The second-order valence-electron chi connectivity index (χ2n) is 6.79. The Bertz CT molecular complexity index is 1180. The largest absolute Gasteiger partial charge is 0.324 e. The van der Waals surface area contributed by atoms with Crippen LogP contribution >= 0.6 is 23.2 Å². The monoisotopic (exact) mass is 462 g/mol. The Balaban J connectivity index is 1.98. The number of rotatable bonds is 6. The fourth-order valence-electron chi connectivity index (χ4n) is 2.91. The van der Waals surface area contributed by atoms with E-state index in [9.17, 15) is 13.2 Å². The first kappa shape index (κ1) is 22.2. The zero-order chi connectivity index (χ0) is 21.9. The summed E-state index contributed by atoms with van der Waals surface area (Å²) in [5, 5.41) is 3.33. The first-order valence-corrected chi connectivity index (χ1v) is 11.3. The number of carbonyl (C=O) groups is 1. The predicted octanol–water partition coefficient (Wildman–Crippen LogP) is 5.44. The number of nitrogens with one attached hydrogen (secondary N) is 1. The van der Waals surface area contributed by atoms with Gasteiger partial charge in [0.1, 0.15) is 6.54 Å². The van der Waals surface area contributed by atoms with Gasteiger partial charge >= 0.3 is 0 Å². The van der Waals surface area contributed by atoms with Crippen LogP contribution in [0.2, 0.25) is 10.0 Å². The molecule has 5 nitrogen and oxygen atoms in total. The van der Waals surface area contributed by atoms with Crippen LogP contribution in [0.15, 0.2) is 71.6 Å². The van der Waals surface area contributed by atoms with Crippen molar-refractivity contribution in [3.8, 4) is 0 Å². The van der Waals surface area contributed by atoms with Crippen LogP contribution in [0.25, 0.3) is 0 Å². The highest BCUT2D eigenvalue weighted by Gasteiger charge is 2.28. The van der Waals surface area contributed by atoms with E-state index in [2.05, 4.69) is 5.32 Å². The van der Waals surface area contributed by atoms with E-state index in [1.54, 1.807) is 43.3 Å². The van der Waals surface area contributed by atoms with Gasteiger partial charge in [-0.1, -0.05) is 53.5 Å². The number of anilines is 2. The Kier molecular flexibility index (Phi) is 6.71. The lowest BCUT2D eigenvalue weighted by Crippen LogP contribution is -2.38. The van der Waals surface area contributed by atoms with Crippen LogP contribution < -0.4 is 9.62 Å². The minimum atomic E-state index is -3.97. The van der Waals surface area contributed by atoms with E-state index in [1.165, 1.54) is 18.2 Å². The summed E-state index contributed by atoms with van der Waals surface area (Å²) in [5.74, 6) is -0.506. The van der Waals surface area contributed by atoms with Crippen LogP contribution in [0.1, 0.15) is 11.1 Å². The van der Waals surface area contributed by atoms with Crippen LogP contribution in [-0.2, 0) is 14.8 Å². The van der Waals surface area contributed by atoms with Gasteiger partial charge in [0.25, 0.3) is 10.0 Å². The van der Waals surface area contributed by atoms with E-state index in [0.717, 1.165) is 15.4 Å². The lowest BCUT2D eigenvalue weighted by Gasteiger charge is -2.26. The van der Waals surface area contributed by atoms with Crippen molar-refractivity contribution in [2.75, 3.05) is 16.2 Å². The number of halogens is 2. The first-order valence-electron chi connectivity index (χ1n) is 9.08. The Morgan fingerprint density at radius 3 is 2.30 bits per heavy atom. The van der Waals surface area contributed by atoms with E-state index in [0.29, 0.717) is 16.4 Å². The molecule has 1 N–H and O–H groups in total. The standard InChI is InChI=1S/C22H20Cl2N2O3S/c1-15-8-9-16(2)21(12-15)26(30(28,29)18-6-4-3-5-7-18)14-22(27)25-17-10-11-19(23)20(24)13-17/h3-13H,14H2,1-2H3,(H,25,27). The van der Waals surface area contributed by atoms with Gasteiger partial charge in [-0.2, -0.15) is 0 Å². The minimum Gasteiger partial charge on any atom is -0.324 e. The maximum absolute atomic E-state index is 13.4. The summed E-state index contributed by atoms with van der Waals surface area (Å²) < 4.78 is 27.9.